The van der Waals surface area contributed by atoms with Gasteiger partial charge in [0.1, 0.15) is 24.3 Å². The molecule has 1 spiro atoms. The van der Waals surface area contributed by atoms with Crippen molar-refractivity contribution in [2.45, 2.75) is 37.5 Å². The van der Waals surface area contributed by atoms with Crippen LogP contribution >= 0.6 is 22.7 Å². The van der Waals surface area contributed by atoms with Crippen LogP contribution in [0.2, 0.25) is 0 Å². The second kappa shape index (κ2) is 6.94. The summed E-state index contributed by atoms with van der Waals surface area (Å²) in [6.07, 6.45) is 5.05. The normalized spacial score (nSPS) is 15.3. The summed E-state index contributed by atoms with van der Waals surface area (Å²) >= 11 is 2.65. The lowest BCUT2D eigenvalue weighted by atomic mass is 9.72. The van der Waals surface area contributed by atoms with E-state index in [9.17, 15) is 0 Å². The predicted octanol–water partition coefficient (Wildman–Crippen LogP) is 4.07. The number of nitrogens with zero attached hydrogens (tertiary/aromatic N) is 8. The maximum Gasteiger partial charge on any atom is 0.220 e. The Labute approximate surface area is 168 Å². The van der Waals surface area contributed by atoms with Crippen molar-refractivity contribution in [3.63, 3.8) is 0 Å². The third-order valence-corrected chi connectivity index (χ3v) is 6.95. The van der Waals surface area contributed by atoms with Crippen LogP contribution in [0.15, 0.2) is 9.98 Å². The van der Waals surface area contributed by atoms with Gasteiger partial charge in [-0.25, -0.2) is 9.97 Å². The lowest BCUT2D eigenvalue weighted by Gasteiger charge is -2.32. The number of aromatic nitrogens is 2. The molecule has 28 heavy (non-hydrogen) atoms. The molecule has 0 amide bonds. The van der Waals surface area contributed by atoms with Gasteiger partial charge in [-0.3, -0.25) is 0 Å². The molecule has 2 heterocycles. The molecule has 8 nitrogen and oxygen atoms in total. The SMILES string of the molecule is N#CC(C#N)=Nc1nc2c(s1)-c1sc(N=C(C#N)C#N)nc1C21CCCCC1. The summed E-state index contributed by atoms with van der Waals surface area (Å²) in [5.41, 5.74) is 1.05. The molecule has 2 aromatic heterocycles. The smallest absolute Gasteiger partial charge is 0.220 e. The van der Waals surface area contributed by atoms with Gasteiger partial charge >= 0.3 is 0 Å². The molecule has 0 unspecified atom stereocenters. The Morgan fingerprint density at radius 3 is 1.57 bits per heavy atom. The second-order valence-electron chi connectivity index (χ2n) is 6.36. The maximum atomic E-state index is 8.97. The minimum atomic E-state index is -0.323. The first-order chi connectivity index (χ1) is 13.6. The summed E-state index contributed by atoms with van der Waals surface area (Å²) in [5, 5.41) is 36.6. The van der Waals surface area contributed by atoms with Crippen molar-refractivity contribution < 1.29 is 0 Å². The number of thiazole rings is 2. The molecule has 0 radical (unpaired) electrons. The van der Waals surface area contributed by atoms with Crippen molar-refractivity contribution in [1.82, 2.24) is 9.97 Å². The van der Waals surface area contributed by atoms with Crippen LogP contribution in [0.4, 0.5) is 10.3 Å². The highest BCUT2D eigenvalue weighted by Crippen LogP contribution is 2.60. The molecule has 1 saturated carbocycles. The predicted molar refractivity (Wildman–Crippen MR) is 104 cm³/mol. The van der Waals surface area contributed by atoms with Crippen LogP contribution in [0.5, 0.6) is 0 Å². The average Bonchev–Trinajstić information content (AvgIpc) is 3.39. The number of nitriles is 4. The largest absolute Gasteiger partial charge is 0.222 e. The number of hydrogen-bond acceptors (Lipinski definition) is 10. The Morgan fingerprint density at radius 1 is 0.750 bits per heavy atom. The van der Waals surface area contributed by atoms with E-state index in [0.29, 0.717) is 10.3 Å². The summed E-state index contributed by atoms with van der Waals surface area (Å²) in [6.45, 7) is 0. The highest BCUT2D eigenvalue weighted by atomic mass is 32.1. The molecule has 0 saturated heterocycles. The zero-order chi connectivity index (χ0) is 19.7. The fourth-order valence-corrected chi connectivity index (χ4v) is 5.97. The van der Waals surface area contributed by atoms with Crippen LogP contribution < -0.4 is 0 Å². The van der Waals surface area contributed by atoms with E-state index in [-0.39, 0.29) is 16.8 Å². The van der Waals surface area contributed by atoms with Crippen molar-refractivity contribution in [3.05, 3.63) is 11.4 Å². The molecule has 0 aliphatic heterocycles. The van der Waals surface area contributed by atoms with Crippen molar-refractivity contribution >= 4 is 44.4 Å². The van der Waals surface area contributed by atoms with Gasteiger partial charge in [-0.2, -0.15) is 31.0 Å². The Hall–Kier alpha value is -3.44. The fourth-order valence-electron chi connectivity index (χ4n) is 3.75. The molecule has 2 aliphatic rings. The topological polar surface area (TPSA) is 146 Å². The van der Waals surface area contributed by atoms with Crippen LogP contribution in [0.25, 0.3) is 9.75 Å². The van der Waals surface area contributed by atoms with E-state index in [1.54, 1.807) is 24.3 Å². The molecule has 0 bridgehead atoms. The van der Waals surface area contributed by atoms with Crippen LogP contribution in [0.1, 0.15) is 43.5 Å². The monoisotopic (exact) mass is 402 g/mol. The van der Waals surface area contributed by atoms with E-state index in [0.717, 1.165) is 53.2 Å². The highest BCUT2D eigenvalue weighted by Gasteiger charge is 2.49. The number of rotatable bonds is 2. The van der Waals surface area contributed by atoms with Gasteiger partial charge in [-0.1, -0.05) is 41.9 Å². The van der Waals surface area contributed by atoms with Gasteiger partial charge in [0.25, 0.3) is 0 Å². The Morgan fingerprint density at radius 2 is 1.18 bits per heavy atom. The first kappa shape index (κ1) is 17.9. The standard InChI is InChI=1S/C18H10N8S2/c19-6-10(7-20)23-16-25-14-12(27-16)13-15(18(14)4-2-1-3-5-18)26-17(28-13)24-11(8-21)9-22/h1-5H2. The van der Waals surface area contributed by atoms with Gasteiger partial charge in [0, 0.05) is 0 Å². The van der Waals surface area contributed by atoms with Gasteiger partial charge < -0.3 is 0 Å². The van der Waals surface area contributed by atoms with Crippen molar-refractivity contribution in [1.29, 1.82) is 21.0 Å². The van der Waals surface area contributed by atoms with E-state index in [1.807, 2.05) is 0 Å². The summed E-state index contributed by atoms with van der Waals surface area (Å²) in [5.74, 6) is 0. The van der Waals surface area contributed by atoms with Crippen molar-refractivity contribution in [3.8, 4) is 34.0 Å². The molecule has 0 atom stereocenters. The van der Waals surface area contributed by atoms with Gasteiger partial charge in [0.15, 0.2) is 0 Å². The third kappa shape index (κ3) is 2.68. The highest BCUT2D eigenvalue weighted by molar-refractivity contribution is 7.25. The maximum absolute atomic E-state index is 8.97. The zero-order valence-electron chi connectivity index (χ0n) is 14.4. The quantitative estimate of drug-likeness (QED) is 0.692. The first-order valence-corrected chi connectivity index (χ1v) is 10.1. The lowest BCUT2D eigenvalue weighted by Crippen LogP contribution is -2.29. The molecule has 0 N–H and O–H groups in total. The first-order valence-electron chi connectivity index (χ1n) is 8.46. The van der Waals surface area contributed by atoms with E-state index in [4.69, 9.17) is 21.0 Å². The molecule has 2 aliphatic carbocycles. The molecular formula is C18H10N8S2. The van der Waals surface area contributed by atoms with Gasteiger partial charge in [-0.15, -0.1) is 0 Å². The molecule has 4 rings (SSSR count). The molecule has 2 aromatic rings. The van der Waals surface area contributed by atoms with Crippen LogP contribution in [0.3, 0.4) is 0 Å². The van der Waals surface area contributed by atoms with Crippen LogP contribution in [0, 0.1) is 45.3 Å². The zero-order valence-corrected chi connectivity index (χ0v) is 16.1. The van der Waals surface area contributed by atoms with Gasteiger partial charge in [0.2, 0.25) is 21.7 Å². The Kier molecular flexibility index (Phi) is 4.45. The molecule has 1 fully saturated rings. The fraction of sp³-hybridized carbons (Fsp3) is 0.333. The van der Waals surface area contributed by atoms with Gasteiger partial charge in [0.05, 0.1) is 26.6 Å². The molecule has 134 valence electrons. The van der Waals surface area contributed by atoms with E-state index >= 15 is 0 Å². The molecular weight excluding hydrogens is 392 g/mol. The lowest BCUT2D eigenvalue weighted by molar-refractivity contribution is 0.340. The minimum absolute atomic E-state index is 0.229. The summed E-state index contributed by atoms with van der Waals surface area (Å²) < 4.78 is 0. The third-order valence-electron chi connectivity index (χ3n) is 4.89. The Balaban J connectivity index is 1.89. The van der Waals surface area contributed by atoms with Gasteiger partial charge in [-0.05, 0) is 12.8 Å². The van der Waals surface area contributed by atoms with E-state index < -0.39 is 0 Å². The van der Waals surface area contributed by atoms with Crippen molar-refractivity contribution in [2.24, 2.45) is 9.98 Å². The minimum Gasteiger partial charge on any atom is -0.222 e. The summed E-state index contributed by atoms with van der Waals surface area (Å²) in [7, 11) is 0. The van der Waals surface area contributed by atoms with Crippen molar-refractivity contribution in [2.75, 3.05) is 0 Å². The average molecular weight is 402 g/mol. The number of hydrogen-bond donors (Lipinski definition) is 0. The molecule has 0 aromatic carbocycles. The van der Waals surface area contributed by atoms with Crippen LogP contribution in [-0.2, 0) is 5.41 Å². The van der Waals surface area contributed by atoms with Crippen LogP contribution in [-0.4, -0.2) is 21.4 Å². The van der Waals surface area contributed by atoms with E-state index in [1.165, 1.54) is 22.7 Å². The number of fused-ring (bicyclic) bond motifs is 5. The summed E-state index contributed by atoms with van der Waals surface area (Å²) in [4.78, 5) is 19.3. The number of aliphatic imine (C=N–C) groups is 2. The van der Waals surface area contributed by atoms with E-state index in [2.05, 4.69) is 20.0 Å². The Bertz CT molecular complexity index is 1080. The molecule has 10 heteroatoms. The summed E-state index contributed by atoms with van der Waals surface area (Å²) in [6, 6.07) is 7.04. The second-order valence-corrected chi connectivity index (χ2v) is 8.31.